The molecule has 0 radical (unpaired) electrons. The molecule has 0 unspecified atom stereocenters. The van der Waals surface area contributed by atoms with Gasteiger partial charge in [0.25, 0.3) is 0 Å². The van der Waals surface area contributed by atoms with Crippen molar-refractivity contribution in [2.24, 2.45) is 5.84 Å². The first kappa shape index (κ1) is 11.3. The quantitative estimate of drug-likeness (QED) is 0.597. The van der Waals surface area contributed by atoms with Gasteiger partial charge in [0, 0.05) is 18.4 Å². The van der Waals surface area contributed by atoms with Crippen molar-refractivity contribution in [2.75, 3.05) is 12.5 Å². The van der Waals surface area contributed by atoms with Crippen molar-refractivity contribution in [3.05, 3.63) is 17.1 Å². The molecule has 1 heterocycles. The Morgan fingerprint density at radius 3 is 2.44 bits per heavy atom. The van der Waals surface area contributed by atoms with Gasteiger partial charge in [-0.15, -0.1) is 0 Å². The summed E-state index contributed by atoms with van der Waals surface area (Å²) in [5.41, 5.74) is 4.26. The molecule has 0 amide bonds. The van der Waals surface area contributed by atoms with Crippen LogP contribution in [-0.2, 0) is 10.3 Å². The zero-order chi connectivity index (χ0) is 11.8. The Hall–Kier alpha value is -1.20. The number of nitrogens with two attached hydrogens (primary N) is 1. The summed E-state index contributed by atoms with van der Waals surface area (Å²) in [5.74, 6) is 6.88. The maximum absolute atomic E-state index is 5.56. The maximum atomic E-state index is 5.56. The van der Waals surface area contributed by atoms with Crippen LogP contribution in [0.3, 0.4) is 0 Å². The van der Waals surface area contributed by atoms with Gasteiger partial charge in [-0.2, -0.15) is 0 Å². The van der Waals surface area contributed by atoms with E-state index in [2.05, 4.69) is 15.4 Å². The molecule has 2 rings (SSSR count). The van der Waals surface area contributed by atoms with Crippen molar-refractivity contribution in [1.82, 2.24) is 9.97 Å². The largest absolute Gasteiger partial charge is 0.370 e. The molecule has 1 fully saturated rings. The van der Waals surface area contributed by atoms with Gasteiger partial charge in [-0.3, -0.25) is 0 Å². The molecular weight excluding hydrogens is 204 g/mol. The smallest absolute Gasteiger partial charge is 0.162 e. The van der Waals surface area contributed by atoms with E-state index in [1.54, 1.807) is 7.11 Å². The topological polar surface area (TPSA) is 73.1 Å². The number of rotatable bonds is 3. The molecule has 0 spiro atoms. The standard InChI is InChI=1S/C11H18N4O/c1-7-8(2)13-10(14-9(7)15-12)11(16-3)5-4-6-11/h4-6,12H2,1-3H3,(H,13,14,15). The molecule has 0 aliphatic heterocycles. The summed E-state index contributed by atoms with van der Waals surface area (Å²) in [4.78, 5) is 8.96. The third-order valence-corrected chi connectivity index (χ3v) is 3.49. The van der Waals surface area contributed by atoms with Crippen LogP contribution in [0.4, 0.5) is 5.82 Å². The normalized spacial score (nSPS) is 18.0. The van der Waals surface area contributed by atoms with Crippen molar-refractivity contribution in [3.63, 3.8) is 0 Å². The van der Waals surface area contributed by atoms with Crippen LogP contribution >= 0.6 is 0 Å². The highest BCUT2D eigenvalue weighted by atomic mass is 16.5. The minimum absolute atomic E-state index is 0.288. The predicted molar refractivity (Wildman–Crippen MR) is 61.9 cm³/mol. The first-order valence-electron chi connectivity index (χ1n) is 5.50. The Balaban J connectivity index is 2.45. The molecule has 5 nitrogen and oxygen atoms in total. The number of nitrogen functional groups attached to an aromatic ring is 1. The average molecular weight is 222 g/mol. The summed E-state index contributed by atoms with van der Waals surface area (Å²) in [7, 11) is 1.72. The highest BCUT2D eigenvalue weighted by Crippen LogP contribution is 2.43. The van der Waals surface area contributed by atoms with E-state index in [1.807, 2.05) is 13.8 Å². The van der Waals surface area contributed by atoms with Gasteiger partial charge in [0.05, 0.1) is 0 Å². The first-order chi connectivity index (χ1) is 7.63. The Morgan fingerprint density at radius 1 is 1.31 bits per heavy atom. The van der Waals surface area contributed by atoms with Crippen LogP contribution in [0.5, 0.6) is 0 Å². The van der Waals surface area contributed by atoms with E-state index in [0.717, 1.165) is 36.3 Å². The SMILES string of the molecule is COC1(c2nc(C)c(C)c(NN)n2)CCC1. The average Bonchev–Trinajstić information content (AvgIpc) is 2.22. The number of ether oxygens (including phenoxy) is 1. The van der Waals surface area contributed by atoms with Crippen molar-refractivity contribution in [2.45, 2.75) is 38.7 Å². The molecule has 5 heteroatoms. The number of hydrazine groups is 1. The molecule has 16 heavy (non-hydrogen) atoms. The van der Waals surface area contributed by atoms with Gasteiger partial charge in [-0.05, 0) is 33.1 Å². The number of nitrogens with one attached hydrogen (secondary N) is 1. The summed E-state index contributed by atoms with van der Waals surface area (Å²) in [5, 5.41) is 0. The summed E-state index contributed by atoms with van der Waals surface area (Å²) in [6.07, 6.45) is 3.13. The van der Waals surface area contributed by atoms with Crippen LogP contribution in [-0.4, -0.2) is 17.1 Å². The van der Waals surface area contributed by atoms with Crippen LogP contribution < -0.4 is 11.3 Å². The lowest BCUT2D eigenvalue weighted by Crippen LogP contribution is -2.38. The lowest BCUT2D eigenvalue weighted by molar-refractivity contribution is -0.0846. The van der Waals surface area contributed by atoms with Gasteiger partial charge in [0.2, 0.25) is 0 Å². The lowest BCUT2D eigenvalue weighted by atomic mass is 9.79. The van der Waals surface area contributed by atoms with Gasteiger partial charge in [-0.1, -0.05) is 0 Å². The van der Waals surface area contributed by atoms with Crippen LogP contribution in [0.1, 0.15) is 36.3 Å². The summed E-state index contributed by atoms with van der Waals surface area (Å²) in [6, 6.07) is 0. The summed E-state index contributed by atoms with van der Waals surface area (Å²) >= 11 is 0. The van der Waals surface area contributed by atoms with Crippen molar-refractivity contribution < 1.29 is 4.74 Å². The molecular formula is C11H18N4O. The lowest BCUT2D eigenvalue weighted by Gasteiger charge is -2.39. The molecule has 0 bridgehead atoms. The zero-order valence-electron chi connectivity index (χ0n) is 10.0. The van der Waals surface area contributed by atoms with E-state index in [9.17, 15) is 0 Å². The van der Waals surface area contributed by atoms with Gasteiger partial charge in [0.1, 0.15) is 11.4 Å². The van der Waals surface area contributed by atoms with Gasteiger partial charge in [-0.25, -0.2) is 15.8 Å². The molecule has 1 aromatic rings. The van der Waals surface area contributed by atoms with E-state index in [1.165, 1.54) is 0 Å². The number of aromatic nitrogens is 2. The molecule has 88 valence electrons. The minimum atomic E-state index is -0.288. The summed E-state index contributed by atoms with van der Waals surface area (Å²) < 4.78 is 5.56. The number of anilines is 1. The molecule has 0 atom stereocenters. The van der Waals surface area contributed by atoms with Crippen molar-refractivity contribution >= 4 is 5.82 Å². The van der Waals surface area contributed by atoms with Gasteiger partial charge in [0.15, 0.2) is 5.82 Å². The minimum Gasteiger partial charge on any atom is -0.370 e. The molecule has 3 N–H and O–H groups in total. The fourth-order valence-electron chi connectivity index (χ4n) is 1.99. The Kier molecular flexibility index (Phi) is 2.82. The molecule has 1 aromatic heterocycles. The third-order valence-electron chi connectivity index (χ3n) is 3.49. The number of methoxy groups -OCH3 is 1. The number of nitrogens with zero attached hydrogens (tertiary/aromatic N) is 2. The highest BCUT2D eigenvalue weighted by molar-refractivity contribution is 5.44. The second-order valence-electron chi connectivity index (χ2n) is 4.30. The highest BCUT2D eigenvalue weighted by Gasteiger charge is 2.42. The van der Waals surface area contributed by atoms with Crippen molar-refractivity contribution in [3.8, 4) is 0 Å². The number of aryl methyl sites for hydroxylation is 1. The molecule has 1 saturated carbocycles. The number of hydrogen-bond acceptors (Lipinski definition) is 5. The molecule has 0 aromatic carbocycles. The monoisotopic (exact) mass is 222 g/mol. The van der Waals surface area contributed by atoms with Gasteiger partial charge < -0.3 is 10.2 Å². The van der Waals surface area contributed by atoms with Crippen LogP contribution in [0.2, 0.25) is 0 Å². The Labute approximate surface area is 95.4 Å². The summed E-state index contributed by atoms with van der Waals surface area (Å²) in [6.45, 7) is 3.91. The second kappa shape index (κ2) is 3.99. The van der Waals surface area contributed by atoms with Crippen molar-refractivity contribution in [1.29, 1.82) is 0 Å². The number of hydrogen-bond donors (Lipinski definition) is 2. The Bertz CT molecular complexity index is 396. The molecule has 1 aliphatic carbocycles. The van der Waals surface area contributed by atoms with E-state index in [0.29, 0.717) is 5.82 Å². The van der Waals surface area contributed by atoms with Crippen LogP contribution in [0.15, 0.2) is 0 Å². The molecule has 1 aliphatic rings. The van der Waals surface area contributed by atoms with Crippen LogP contribution in [0, 0.1) is 13.8 Å². The fraction of sp³-hybridized carbons (Fsp3) is 0.636. The second-order valence-corrected chi connectivity index (χ2v) is 4.30. The first-order valence-corrected chi connectivity index (χ1v) is 5.50. The van der Waals surface area contributed by atoms with E-state index in [4.69, 9.17) is 10.6 Å². The molecule has 0 saturated heterocycles. The fourth-order valence-corrected chi connectivity index (χ4v) is 1.99. The van der Waals surface area contributed by atoms with E-state index >= 15 is 0 Å². The third kappa shape index (κ3) is 1.56. The van der Waals surface area contributed by atoms with E-state index in [-0.39, 0.29) is 5.60 Å². The van der Waals surface area contributed by atoms with Gasteiger partial charge >= 0.3 is 0 Å². The zero-order valence-corrected chi connectivity index (χ0v) is 10.0. The predicted octanol–water partition coefficient (Wildman–Crippen LogP) is 1.40. The van der Waals surface area contributed by atoms with Crippen LogP contribution in [0.25, 0.3) is 0 Å². The Morgan fingerprint density at radius 2 is 2.00 bits per heavy atom. The van der Waals surface area contributed by atoms with E-state index < -0.39 is 0 Å². The maximum Gasteiger partial charge on any atom is 0.162 e.